The quantitative estimate of drug-likeness (QED) is 0.108. The molecule has 0 radical (unpaired) electrons. The van der Waals surface area contributed by atoms with Crippen LogP contribution in [0.2, 0.25) is 0 Å². The molecule has 8 bridgehead atoms. The lowest BCUT2D eigenvalue weighted by Crippen LogP contribution is -2.29. The zero-order chi connectivity index (χ0) is 40.7. The number of nitrogens with one attached hydrogen (secondary N) is 3. The molecule has 0 aliphatic carbocycles. The molecule has 0 fully saturated rings. The highest BCUT2D eigenvalue weighted by Gasteiger charge is 2.22. The van der Waals surface area contributed by atoms with Crippen LogP contribution in [-0.4, -0.2) is 34.4 Å². The fraction of sp³-hybridized carbons (Fsp3) is 0.0204. The molecule has 11 heteroatoms. The Kier molecular flexibility index (Phi) is 8.87. The summed E-state index contributed by atoms with van der Waals surface area (Å²) in [6.45, 7) is -0.117. The molecule has 288 valence electrons. The van der Waals surface area contributed by atoms with Crippen molar-refractivity contribution in [2.75, 3.05) is 0 Å². The van der Waals surface area contributed by atoms with E-state index in [2.05, 4.69) is 45.3 Å². The number of rotatable bonds is 7. The van der Waals surface area contributed by atoms with Gasteiger partial charge in [0.1, 0.15) is 0 Å². The van der Waals surface area contributed by atoms with Gasteiger partial charge >= 0.3 is 5.69 Å². The number of nitro benzene ring substituents is 1. The SMILES string of the molecule is O=c1ccn(Cc2ccc(-c3c4nc(c(-c5ccccc5)c5ccc([nH]5)c(-c5ccccc5)c5nc(c(-c6ccccc6)c6ccc3[nH]6)C=C5)C=C4)cc2[N+](=O)[O-])c(=O)[nH]1. The summed E-state index contributed by atoms with van der Waals surface area (Å²) in [6, 6.07) is 44.6. The Balaban J connectivity index is 1.31. The topological polar surface area (TPSA) is 155 Å². The number of aromatic nitrogens is 6. The van der Waals surface area contributed by atoms with E-state index in [-0.39, 0.29) is 12.2 Å². The number of nitrogens with zero attached hydrogens (tertiary/aromatic N) is 4. The second kappa shape index (κ2) is 14.8. The second-order valence-electron chi connectivity index (χ2n) is 14.4. The van der Waals surface area contributed by atoms with E-state index in [1.165, 1.54) is 22.9 Å². The Morgan fingerprint density at radius 3 is 1.32 bits per heavy atom. The van der Waals surface area contributed by atoms with Crippen LogP contribution in [0.15, 0.2) is 155 Å². The second-order valence-corrected chi connectivity index (χ2v) is 14.4. The third kappa shape index (κ3) is 6.55. The lowest BCUT2D eigenvalue weighted by molar-refractivity contribution is -0.385. The third-order valence-corrected chi connectivity index (χ3v) is 10.7. The van der Waals surface area contributed by atoms with Gasteiger partial charge in [-0.05, 0) is 76.9 Å². The molecule has 2 aliphatic rings. The minimum absolute atomic E-state index is 0.117. The first-order chi connectivity index (χ1) is 29.4. The van der Waals surface area contributed by atoms with Crippen molar-refractivity contribution in [2.24, 2.45) is 0 Å². The first-order valence-electron chi connectivity index (χ1n) is 19.3. The normalized spacial score (nSPS) is 11.9. The van der Waals surface area contributed by atoms with Crippen molar-refractivity contribution in [3.8, 4) is 44.5 Å². The summed E-state index contributed by atoms with van der Waals surface area (Å²) in [5.74, 6) is 0. The maximum Gasteiger partial charge on any atom is 0.328 e. The predicted molar refractivity (Wildman–Crippen MR) is 238 cm³/mol. The monoisotopic (exact) mass is 783 g/mol. The van der Waals surface area contributed by atoms with Crippen molar-refractivity contribution in [1.82, 2.24) is 29.5 Å². The van der Waals surface area contributed by atoms with Gasteiger partial charge in [-0.3, -0.25) is 24.5 Å². The molecule has 10 rings (SSSR count). The summed E-state index contributed by atoms with van der Waals surface area (Å²) in [5, 5.41) is 12.7. The Morgan fingerprint density at radius 2 is 0.917 bits per heavy atom. The summed E-state index contributed by atoms with van der Waals surface area (Å²) in [5.41, 5.74) is 11.8. The molecular weight excluding hydrogens is 751 g/mol. The maximum absolute atomic E-state index is 12.7. The molecule has 3 N–H and O–H groups in total. The highest BCUT2D eigenvalue weighted by Crippen LogP contribution is 2.39. The molecule has 0 amide bonds. The summed E-state index contributed by atoms with van der Waals surface area (Å²) < 4.78 is 1.22. The fourth-order valence-electron chi connectivity index (χ4n) is 8.01. The van der Waals surface area contributed by atoms with Crippen molar-refractivity contribution in [1.29, 1.82) is 0 Å². The lowest BCUT2D eigenvalue weighted by Gasteiger charge is -2.09. The van der Waals surface area contributed by atoms with Crippen molar-refractivity contribution in [2.45, 2.75) is 6.54 Å². The van der Waals surface area contributed by atoms with Gasteiger partial charge in [0.2, 0.25) is 0 Å². The lowest BCUT2D eigenvalue weighted by atomic mass is 10.0. The molecule has 60 heavy (non-hydrogen) atoms. The molecule has 4 aromatic heterocycles. The molecule has 6 heterocycles. The van der Waals surface area contributed by atoms with Crippen molar-refractivity contribution in [3.05, 3.63) is 205 Å². The number of aromatic amines is 3. The van der Waals surface area contributed by atoms with Gasteiger partial charge in [0, 0.05) is 68.2 Å². The number of H-pyrrole nitrogens is 3. The predicted octanol–water partition coefficient (Wildman–Crippen LogP) is 10.1. The highest BCUT2D eigenvalue weighted by atomic mass is 16.6. The summed E-state index contributed by atoms with van der Waals surface area (Å²) in [7, 11) is 0. The molecule has 11 nitrogen and oxygen atoms in total. The first-order valence-corrected chi connectivity index (χ1v) is 19.3. The summed E-state index contributed by atoms with van der Waals surface area (Å²) in [6.07, 6.45) is 9.32. The van der Waals surface area contributed by atoms with Gasteiger partial charge < -0.3 is 9.97 Å². The molecule has 0 saturated heterocycles. The number of nitro groups is 1. The molecular formula is C49H33N7O4. The van der Waals surface area contributed by atoms with Crippen LogP contribution < -0.4 is 11.2 Å². The Hall–Kier alpha value is -8.44. The van der Waals surface area contributed by atoms with Crippen LogP contribution in [0.4, 0.5) is 5.69 Å². The zero-order valence-corrected chi connectivity index (χ0v) is 31.8. The maximum atomic E-state index is 12.7. The first kappa shape index (κ1) is 35.9. The van der Waals surface area contributed by atoms with Gasteiger partial charge in [-0.25, -0.2) is 14.8 Å². The van der Waals surface area contributed by atoms with Crippen molar-refractivity contribution < 1.29 is 4.92 Å². The van der Waals surface area contributed by atoms with E-state index >= 15 is 0 Å². The summed E-state index contributed by atoms with van der Waals surface area (Å²) in [4.78, 5) is 56.8. The van der Waals surface area contributed by atoms with E-state index in [0.717, 1.165) is 61.3 Å². The molecule has 0 saturated carbocycles. The van der Waals surface area contributed by atoms with Crippen LogP contribution in [-0.2, 0) is 6.54 Å². The van der Waals surface area contributed by atoms with Gasteiger partial charge in [0.25, 0.3) is 11.2 Å². The average Bonchev–Trinajstić information content (AvgIpc) is 4.12. The highest BCUT2D eigenvalue weighted by molar-refractivity contribution is 6.00. The minimum atomic E-state index is -0.661. The molecule has 0 atom stereocenters. The Bertz CT molecular complexity index is 3320. The zero-order valence-electron chi connectivity index (χ0n) is 31.8. The van der Waals surface area contributed by atoms with Crippen LogP contribution in [0.5, 0.6) is 0 Å². The van der Waals surface area contributed by atoms with E-state index in [0.29, 0.717) is 33.6 Å². The standard InChI is InChI=1S/C49H33N7O4/c57-44-26-27-55(49(58)54-44)29-34-17-16-33(28-43(34)56(59)60)48-41-24-22-39(52-41)46(31-12-6-2-7-13-31)37-20-18-35(50-37)45(30-10-4-1-5-11-30)36-19-21-38(51-36)47(32-14-8-3-9-15-32)40-23-25-42(48)53-40/h1-28,50,53H,29H2,(H,54,57,58). The Labute approximate surface area is 341 Å². The fourth-order valence-corrected chi connectivity index (χ4v) is 8.01. The van der Waals surface area contributed by atoms with Gasteiger partial charge in [-0.2, -0.15) is 0 Å². The van der Waals surface area contributed by atoms with Crippen molar-refractivity contribution in [3.63, 3.8) is 0 Å². The van der Waals surface area contributed by atoms with Gasteiger partial charge in [0.05, 0.1) is 34.2 Å². The molecule has 2 aliphatic heterocycles. The van der Waals surface area contributed by atoms with Gasteiger partial charge in [-0.1, -0.05) is 97.1 Å². The average molecular weight is 784 g/mol. The third-order valence-electron chi connectivity index (χ3n) is 10.7. The van der Waals surface area contributed by atoms with Crippen LogP contribution in [0.1, 0.15) is 28.3 Å². The largest absolute Gasteiger partial charge is 0.354 e. The van der Waals surface area contributed by atoms with Crippen LogP contribution >= 0.6 is 0 Å². The number of benzene rings is 4. The summed E-state index contributed by atoms with van der Waals surface area (Å²) >= 11 is 0. The number of fused-ring (bicyclic) bond motifs is 8. The van der Waals surface area contributed by atoms with E-state index in [9.17, 15) is 19.7 Å². The molecule has 4 aromatic carbocycles. The number of hydrogen-bond donors (Lipinski definition) is 3. The van der Waals surface area contributed by atoms with Gasteiger partial charge in [0.15, 0.2) is 0 Å². The Morgan fingerprint density at radius 1 is 0.500 bits per heavy atom. The van der Waals surface area contributed by atoms with Crippen LogP contribution in [0, 0.1) is 10.1 Å². The van der Waals surface area contributed by atoms with E-state index in [4.69, 9.17) is 9.97 Å². The van der Waals surface area contributed by atoms with Crippen LogP contribution in [0.3, 0.4) is 0 Å². The smallest absolute Gasteiger partial charge is 0.328 e. The number of hydrogen-bond acceptors (Lipinski definition) is 6. The van der Waals surface area contributed by atoms with E-state index in [1.807, 2.05) is 109 Å². The van der Waals surface area contributed by atoms with Gasteiger partial charge in [-0.15, -0.1) is 0 Å². The molecule has 8 aromatic rings. The minimum Gasteiger partial charge on any atom is -0.354 e. The molecule has 0 unspecified atom stereocenters. The van der Waals surface area contributed by atoms with Crippen molar-refractivity contribution >= 4 is 52.1 Å². The molecule has 0 spiro atoms. The van der Waals surface area contributed by atoms with Crippen LogP contribution in [0.25, 0.3) is 90.9 Å². The van der Waals surface area contributed by atoms with E-state index < -0.39 is 16.2 Å². The van der Waals surface area contributed by atoms with E-state index in [1.54, 1.807) is 12.1 Å².